The van der Waals surface area contributed by atoms with Crippen LogP contribution < -0.4 is 9.47 Å². The van der Waals surface area contributed by atoms with Crippen LogP contribution in [0.25, 0.3) is 0 Å². The normalized spacial score (nSPS) is 13.1. The van der Waals surface area contributed by atoms with Crippen molar-refractivity contribution >= 4 is 5.71 Å². The third-order valence-corrected chi connectivity index (χ3v) is 7.35. The van der Waals surface area contributed by atoms with Crippen molar-refractivity contribution in [2.24, 2.45) is 0 Å². The first kappa shape index (κ1) is 28.2. The minimum absolute atomic E-state index is 0.122. The lowest BCUT2D eigenvalue weighted by molar-refractivity contribution is -0.546. The molecular weight excluding hydrogens is 449 g/mol. The largest absolute Gasteiger partial charge is 0.493 e. The summed E-state index contributed by atoms with van der Waals surface area (Å²) in [6, 6.07) is 11.4. The molecule has 2 aromatic rings. The second-order valence-electron chi connectivity index (χ2n) is 10.1. The van der Waals surface area contributed by atoms with Gasteiger partial charge in [0.05, 0.1) is 19.3 Å². The van der Waals surface area contributed by atoms with Crippen molar-refractivity contribution in [1.29, 1.82) is 0 Å². The number of ether oxygens (including phenoxy) is 2. The molecule has 0 aromatic heterocycles. The van der Waals surface area contributed by atoms with Crippen molar-refractivity contribution in [1.82, 2.24) is 0 Å². The SMILES string of the molecule is CCCCCCCCOc1c(OC)ccc2c1CC[N+](Cc1ccccc1F)=C2CCCCCCC. The van der Waals surface area contributed by atoms with Crippen molar-refractivity contribution < 1.29 is 18.4 Å². The molecule has 0 radical (unpaired) electrons. The maximum atomic E-state index is 14.5. The van der Waals surface area contributed by atoms with Gasteiger partial charge in [-0.05, 0) is 37.1 Å². The van der Waals surface area contributed by atoms with E-state index in [4.69, 9.17) is 9.47 Å². The predicted molar refractivity (Wildman–Crippen MR) is 148 cm³/mol. The summed E-state index contributed by atoms with van der Waals surface area (Å²) in [5.41, 5.74) is 4.60. The molecular formula is C32H47FNO2+. The molecule has 1 aliphatic heterocycles. The molecule has 0 fully saturated rings. The van der Waals surface area contributed by atoms with Crippen LogP contribution in [0.5, 0.6) is 11.5 Å². The minimum Gasteiger partial charge on any atom is -0.493 e. The van der Waals surface area contributed by atoms with Gasteiger partial charge in [0.25, 0.3) is 0 Å². The lowest BCUT2D eigenvalue weighted by Gasteiger charge is -2.23. The lowest BCUT2D eigenvalue weighted by atomic mass is 9.92. The van der Waals surface area contributed by atoms with Gasteiger partial charge in [-0.2, -0.15) is 0 Å². The summed E-state index contributed by atoms with van der Waals surface area (Å²) in [6.45, 7) is 6.71. The quantitative estimate of drug-likeness (QED) is 0.162. The van der Waals surface area contributed by atoms with E-state index in [1.165, 1.54) is 74.6 Å². The van der Waals surface area contributed by atoms with Crippen LogP contribution in [0.15, 0.2) is 36.4 Å². The van der Waals surface area contributed by atoms with E-state index < -0.39 is 0 Å². The van der Waals surface area contributed by atoms with Gasteiger partial charge >= 0.3 is 0 Å². The highest BCUT2D eigenvalue weighted by molar-refractivity contribution is 5.99. The minimum atomic E-state index is -0.122. The summed E-state index contributed by atoms with van der Waals surface area (Å²) >= 11 is 0. The highest BCUT2D eigenvalue weighted by atomic mass is 19.1. The second kappa shape index (κ2) is 15.7. The standard InChI is InChI=1S/C32H47FNO2/c1-4-6-8-10-12-16-24-36-32-28-22-23-34(25-26-17-14-15-18-29(26)33)30(19-13-11-9-7-5-2)27(28)20-21-31(32)35-3/h14-15,17-18,20-21H,4-13,16,19,22-25H2,1-3H3/q+1. The number of rotatable bonds is 17. The Hall–Kier alpha value is -2.36. The number of nitrogens with zero attached hydrogens (tertiary/aromatic N) is 1. The number of halogens is 1. The molecule has 198 valence electrons. The van der Waals surface area contributed by atoms with Gasteiger partial charge in [0, 0.05) is 24.0 Å². The molecule has 3 rings (SSSR count). The Morgan fingerprint density at radius 1 is 0.833 bits per heavy atom. The van der Waals surface area contributed by atoms with Gasteiger partial charge in [-0.3, -0.25) is 0 Å². The van der Waals surface area contributed by atoms with E-state index >= 15 is 0 Å². The zero-order chi connectivity index (χ0) is 25.6. The fourth-order valence-corrected chi connectivity index (χ4v) is 5.25. The molecule has 0 saturated heterocycles. The van der Waals surface area contributed by atoms with E-state index in [0.29, 0.717) is 6.54 Å². The molecule has 3 nitrogen and oxygen atoms in total. The van der Waals surface area contributed by atoms with E-state index in [1.54, 1.807) is 19.2 Å². The molecule has 0 spiro atoms. The van der Waals surface area contributed by atoms with Crippen LogP contribution >= 0.6 is 0 Å². The van der Waals surface area contributed by atoms with Gasteiger partial charge in [-0.1, -0.05) is 83.8 Å². The number of methoxy groups -OCH3 is 1. The monoisotopic (exact) mass is 496 g/mol. The highest BCUT2D eigenvalue weighted by Crippen LogP contribution is 2.37. The number of hydrogen-bond acceptors (Lipinski definition) is 2. The Morgan fingerprint density at radius 3 is 2.25 bits per heavy atom. The van der Waals surface area contributed by atoms with Gasteiger partial charge in [0.1, 0.15) is 12.4 Å². The van der Waals surface area contributed by atoms with Crippen LogP contribution in [0.3, 0.4) is 0 Å². The first-order chi connectivity index (χ1) is 17.7. The molecule has 1 heterocycles. The van der Waals surface area contributed by atoms with Crippen LogP contribution in [0, 0.1) is 5.82 Å². The van der Waals surface area contributed by atoms with Gasteiger partial charge in [0.15, 0.2) is 23.8 Å². The average molecular weight is 497 g/mol. The third-order valence-electron chi connectivity index (χ3n) is 7.35. The van der Waals surface area contributed by atoms with Crippen LogP contribution in [-0.4, -0.2) is 30.5 Å². The summed E-state index contributed by atoms with van der Waals surface area (Å²) < 4.78 is 29.0. The second-order valence-corrected chi connectivity index (χ2v) is 10.1. The van der Waals surface area contributed by atoms with Crippen molar-refractivity contribution in [2.75, 3.05) is 20.3 Å². The molecule has 36 heavy (non-hydrogen) atoms. The maximum Gasteiger partial charge on any atom is 0.184 e. The van der Waals surface area contributed by atoms with E-state index in [-0.39, 0.29) is 5.82 Å². The van der Waals surface area contributed by atoms with Gasteiger partial charge in [0.2, 0.25) is 0 Å². The zero-order valence-electron chi connectivity index (χ0n) is 22.9. The molecule has 0 bridgehead atoms. The molecule has 2 aromatic carbocycles. The summed E-state index contributed by atoms with van der Waals surface area (Å²) in [5.74, 6) is 1.62. The predicted octanol–water partition coefficient (Wildman–Crippen LogP) is 8.49. The van der Waals surface area contributed by atoms with Crippen LogP contribution in [0.1, 0.15) is 108 Å². The zero-order valence-corrected chi connectivity index (χ0v) is 22.9. The molecule has 0 N–H and O–H groups in total. The van der Waals surface area contributed by atoms with E-state index in [0.717, 1.165) is 55.9 Å². The summed E-state index contributed by atoms with van der Waals surface area (Å²) in [5, 5.41) is 0. The summed E-state index contributed by atoms with van der Waals surface area (Å²) in [7, 11) is 1.73. The molecule has 0 aliphatic carbocycles. The number of hydrogen-bond donors (Lipinski definition) is 0. The average Bonchev–Trinajstić information content (AvgIpc) is 2.90. The molecule has 0 saturated carbocycles. The van der Waals surface area contributed by atoms with Crippen LogP contribution in [0.2, 0.25) is 0 Å². The Bertz CT molecular complexity index is 969. The van der Waals surface area contributed by atoms with Crippen molar-refractivity contribution in [3.63, 3.8) is 0 Å². The lowest BCUT2D eigenvalue weighted by Crippen LogP contribution is -2.30. The molecule has 0 unspecified atom stereocenters. The fraction of sp³-hybridized carbons (Fsp3) is 0.594. The Balaban J connectivity index is 1.82. The van der Waals surface area contributed by atoms with Crippen molar-refractivity contribution in [3.8, 4) is 11.5 Å². The number of benzene rings is 2. The Morgan fingerprint density at radius 2 is 1.53 bits per heavy atom. The van der Waals surface area contributed by atoms with Gasteiger partial charge in [-0.15, -0.1) is 0 Å². The van der Waals surface area contributed by atoms with E-state index in [9.17, 15) is 4.39 Å². The third kappa shape index (κ3) is 8.08. The summed E-state index contributed by atoms with van der Waals surface area (Å²) in [6.07, 6.45) is 15.6. The Kier molecular flexibility index (Phi) is 12.3. The van der Waals surface area contributed by atoms with Gasteiger partial charge < -0.3 is 9.47 Å². The van der Waals surface area contributed by atoms with Crippen LogP contribution in [0.4, 0.5) is 4.39 Å². The van der Waals surface area contributed by atoms with Crippen molar-refractivity contribution in [3.05, 3.63) is 58.9 Å². The van der Waals surface area contributed by atoms with Crippen LogP contribution in [-0.2, 0) is 13.0 Å². The first-order valence-electron chi connectivity index (χ1n) is 14.4. The molecule has 0 atom stereocenters. The molecule has 1 aliphatic rings. The number of unbranched alkanes of at least 4 members (excludes halogenated alkanes) is 9. The van der Waals surface area contributed by atoms with Gasteiger partial charge in [-0.25, -0.2) is 8.97 Å². The fourth-order valence-electron chi connectivity index (χ4n) is 5.25. The Labute approximate surface area is 218 Å². The van der Waals surface area contributed by atoms with E-state index in [2.05, 4.69) is 30.6 Å². The maximum absolute atomic E-state index is 14.5. The molecule has 4 heteroatoms. The smallest absolute Gasteiger partial charge is 0.184 e. The molecule has 0 amide bonds. The number of fused-ring (bicyclic) bond motifs is 1. The van der Waals surface area contributed by atoms with Crippen molar-refractivity contribution in [2.45, 2.75) is 104 Å². The van der Waals surface area contributed by atoms with E-state index in [1.807, 2.05) is 12.1 Å². The first-order valence-corrected chi connectivity index (χ1v) is 14.4. The highest BCUT2D eigenvalue weighted by Gasteiger charge is 2.30. The topological polar surface area (TPSA) is 21.5 Å². The summed E-state index contributed by atoms with van der Waals surface area (Å²) in [4.78, 5) is 0.